The Kier molecular flexibility index (Phi) is 5.05. The van der Waals surface area contributed by atoms with Crippen molar-refractivity contribution < 1.29 is 9.47 Å². The quantitative estimate of drug-likeness (QED) is 0.548. The molecule has 0 radical (unpaired) electrons. The first-order valence-electron chi connectivity index (χ1n) is 4.79. The van der Waals surface area contributed by atoms with Gasteiger partial charge in [0.05, 0.1) is 13.0 Å². The van der Waals surface area contributed by atoms with Gasteiger partial charge in [0.25, 0.3) is 0 Å². The lowest BCUT2D eigenvalue weighted by molar-refractivity contribution is 0.310. The van der Waals surface area contributed by atoms with E-state index in [-0.39, 0.29) is 0 Å². The summed E-state index contributed by atoms with van der Waals surface area (Å²) in [6, 6.07) is 5.80. The van der Waals surface area contributed by atoms with E-state index < -0.39 is 0 Å². The van der Waals surface area contributed by atoms with E-state index in [4.69, 9.17) is 21.1 Å². The van der Waals surface area contributed by atoms with Gasteiger partial charge in [-0.1, -0.05) is 18.2 Å². The largest absolute Gasteiger partial charge is 0.493 e. The number of alkyl halides is 1. The highest BCUT2D eigenvalue weighted by Gasteiger charge is 2.08. The number of allylic oxidation sites excluding steroid dienone is 1. The van der Waals surface area contributed by atoms with Gasteiger partial charge < -0.3 is 9.47 Å². The SMILES string of the molecule is C=CCc1cccc(OC)c1OCCCl. The molecule has 82 valence electrons. The molecule has 0 unspecified atom stereocenters. The Balaban J connectivity index is 2.96. The third-order valence-electron chi connectivity index (χ3n) is 1.97. The summed E-state index contributed by atoms with van der Waals surface area (Å²) in [5, 5.41) is 0. The molecule has 0 aliphatic heterocycles. The van der Waals surface area contributed by atoms with Crippen LogP contribution in [-0.4, -0.2) is 19.6 Å². The van der Waals surface area contributed by atoms with E-state index in [1.807, 2.05) is 24.3 Å². The number of para-hydroxylation sites is 1. The van der Waals surface area contributed by atoms with Crippen molar-refractivity contribution in [2.75, 3.05) is 19.6 Å². The van der Waals surface area contributed by atoms with Crippen molar-refractivity contribution >= 4 is 11.6 Å². The highest BCUT2D eigenvalue weighted by molar-refractivity contribution is 6.18. The van der Waals surface area contributed by atoms with E-state index in [1.165, 1.54) is 0 Å². The molecule has 0 amide bonds. The molecule has 0 aliphatic rings. The topological polar surface area (TPSA) is 18.5 Å². The molecule has 0 heterocycles. The molecule has 0 spiro atoms. The predicted molar refractivity (Wildman–Crippen MR) is 63.1 cm³/mol. The molecule has 0 aromatic heterocycles. The van der Waals surface area contributed by atoms with Crippen molar-refractivity contribution in [3.8, 4) is 11.5 Å². The van der Waals surface area contributed by atoms with Gasteiger partial charge in [0.2, 0.25) is 0 Å². The highest BCUT2D eigenvalue weighted by atomic mass is 35.5. The Hall–Kier alpha value is -1.15. The molecule has 1 aromatic rings. The van der Waals surface area contributed by atoms with Gasteiger partial charge in [0.15, 0.2) is 11.5 Å². The van der Waals surface area contributed by atoms with Crippen LogP contribution in [0.3, 0.4) is 0 Å². The first-order valence-corrected chi connectivity index (χ1v) is 5.32. The standard InChI is InChI=1S/C12H15ClO2/c1-3-5-10-6-4-7-11(14-2)12(10)15-9-8-13/h3-4,6-7H,1,5,8-9H2,2H3. The number of methoxy groups -OCH3 is 1. The number of rotatable bonds is 6. The van der Waals surface area contributed by atoms with Crippen LogP contribution in [0.4, 0.5) is 0 Å². The molecular weight excluding hydrogens is 212 g/mol. The zero-order valence-corrected chi connectivity index (χ0v) is 9.59. The van der Waals surface area contributed by atoms with Crippen molar-refractivity contribution in [1.29, 1.82) is 0 Å². The van der Waals surface area contributed by atoms with Crippen molar-refractivity contribution in [2.24, 2.45) is 0 Å². The Morgan fingerprint density at radius 2 is 2.27 bits per heavy atom. The Bertz CT molecular complexity index is 323. The molecule has 3 heteroatoms. The van der Waals surface area contributed by atoms with Crippen molar-refractivity contribution in [3.63, 3.8) is 0 Å². The van der Waals surface area contributed by atoms with Gasteiger partial charge in [-0.25, -0.2) is 0 Å². The summed E-state index contributed by atoms with van der Waals surface area (Å²) in [5.41, 5.74) is 1.06. The first kappa shape index (κ1) is 11.9. The first-order chi connectivity index (χ1) is 7.33. The molecule has 0 aliphatic carbocycles. The molecule has 0 bridgehead atoms. The minimum atomic E-state index is 0.464. The number of hydrogen-bond donors (Lipinski definition) is 0. The van der Waals surface area contributed by atoms with E-state index in [2.05, 4.69) is 6.58 Å². The van der Waals surface area contributed by atoms with E-state index >= 15 is 0 Å². The Labute approximate surface area is 95.5 Å². The maximum atomic E-state index is 5.59. The summed E-state index contributed by atoms with van der Waals surface area (Å²) in [7, 11) is 1.63. The lowest BCUT2D eigenvalue weighted by Crippen LogP contribution is -2.02. The van der Waals surface area contributed by atoms with E-state index in [9.17, 15) is 0 Å². The molecule has 0 fully saturated rings. The highest BCUT2D eigenvalue weighted by Crippen LogP contribution is 2.31. The zero-order valence-electron chi connectivity index (χ0n) is 8.83. The smallest absolute Gasteiger partial charge is 0.164 e. The maximum Gasteiger partial charge on any atom is 0.164 e. The lowest BCUT2D eigenvalue weighted by atomic mass is 10.1. The third-order valence-corrected chi connectivity index (χ3v) is 2.12. The van der Waals surface area contributed by atoms with Gasteiger partial charge in [-0.05, 0) is 12.5 Å². The minimum Gasteiger partial charge on any atom is -0.493 e. The molecule has 0 saturated heterocycles. The fraction of sp³-hybridized carbons (Fsp3) is 0.333. The summed E-state index contributed by atoms with van der Waals surface area (Å²) < 4.78 is 10.8. The van der Waals surface area contributed by atoms with Crippen LogP contribution >= 0.6 is 11.6 Å². The second kappa shape index (κ2) is 6.36. The van der Waals surface area contributed by atoms with Gasteiger partial charge in [-0.3, -0.25) is 0 Å². The number of ether oxygens (including phenoxy) is 2. The zero-order chi connectivity index (χ0) is 11.1. The Morgan fingerprint density at radius 3 is 2.87 bits per heavy atom. The van der Waals surface area contributed by atoms with Crippen LogP contribution in [0.5, 0.6) is 11.5 Å². The molecule has 0 N–H and O–H groups in total. The van der Waals surface area contributed by atoms with Gasteiger partial charge in [0, 0.05) is 5.56 Å². The van der Waals surface area contributed by atoms with E-state index in [0.29, 0.717) is 12.5 Å². The monoisotopic (exact) mass is 226 g/mol. The van der Waals surface area contributed by atoms with Gasteiger partial charge in [-0.15, -0.1) is 18.2 Å². The van der Waals surface area contributed by atoms with Crippen LogP contribution in [0.15, 0.2) is 30.9 Å². The summed E-state index contributed by atoms with van der Waals surface area (Å²) in [6.45, 7) is 4.19. The van der Waals surface area contributed by atoms with Gasteiger partial charge >= 0.3 is 0 Å². The third kappa shape index (κ3) is 3.17. The summed E-state index contributed by atoms with van der Waals surface area (Å²) >= 11 is 5.59. The second-order valence-corrected chi connectivity index (χ2v) is 3.36. The number of benzene rings is 1. The summed E-state index contributed by atoms with van der Waals surface area (Å²) in [6.07, 6.45) is 2.59. The fourth-order valence-corrected chi connectivity index (χ4v) is 1.42. The van der Waals surface area contributed by atoms with Gasteiger partial charge in [0.1, 0.15) is 6.61 Å². The van der Waals surface area contributed by atoms with E-state index in [1.54, 1.807) is 7.11 Å². The van der Waals surface area contributed by atoms with Crippen LogP contribution in [0.1, 0.15) is 5.56 Å². The molecular formula is C12H15ClO2. The van der Waals surface area contributed by atoms with E-state index in [0.717, 1.165) is 23.5 Å². The molecule has 15 heavy (non-hydrogen) atoms. The van der Waals surface area contributed by atoms with Crippen LogP contribution in [0.25, 0.3) is 0 Å². The number of hydrogen-bond acceptors (Lipinski definition) is 2. The normalized spacial score (nSPS) is 9.73. The van der Waals surface area contributed by atoms with Crippen LogP contribution in [0, 0.1) is 0 Å². The molecule has 0 atom stereocenters. The number of halogens is 1. The molecule has 1 aromatic carbocycles. The Morgan fingerprint density at radius 1 is 1.47 bits per heavy atom. The van der Waals surface area contributed by atoms with Crippen LogP contribution in [0.2, 0.25) is 0 Å². The molecule has 1 rings (SSSR count). The fourth-order valence-electron chi connectivity index (χ4n) is 1.34. The van der Waals surface area contributed by atoms with Gasteiger partial charge in [-0.2, -0.15) is 0 Å². The van der Waals surface area contributed by atoms with Crippen molar-refractivity contribution in [3.05, 3.63) is 36.4 Å². The minimum absolute atomic E-state index is 0.464. The maximum absolute atomic E-state index is 5.59. The predicted octanol–water partition coefficient (Wildman–Crippen LogP) is 3.04. The average Bonchev–Trinajstić information content (AvgIpc) is 2.27. The lowest BCUT2D eigenvalue weighted by Gasteiger charge is -2.13. The van der Waals surface area contributed by atoms with Crippen molar-refractivity contribution in [2.45, 2.75) is 6.42 Å². The van der Waals surface area contributed by atoms with Crippen LogP contribution < -0.4 is 9.47 Å². The second-order valence-electron chi connectivity index (χ2n) is 2.98. The summed E-state index contributed by atoms with van der Waals surface area (Å²) in [5.74, 6) is 1.96. The van der Waals surface area contributed by atoms with Crippen molar-refractivity contribution in [1.82, 2.24) is 0 Å². The van der Waals surface area contributed by atoms with Crippen LogP contribution in [-0.2, 0) is 6.42 Å². The molecule has 0 saturated carbocycles. The summed E-state index contributed by atoms with van der Waals surface area (Å²) in [4.78, 5) is 0. The average molecular weight is 227 g/mol. The molecule has 2 nitrogen and oxygen atoms in total.